The second-order valence-corrected chi connectivity index (χ2v) is 5.46. The maximum atomic E-state index is 11.7. The standard InChI is InChI=1S/C14H15BrO2/c1-14(2,3)9-6-10-17-13(16)11-7-4-5-8-12(11)15/h4-5,7-8H,10H2,1-3H3. The molecule has 0 amide bonds. The summed E-state index contributed by atoms with van der Waals surface area (Å²) >= 11 is 3.30. The van der Waals surface area contributed by atoms with Crippen LogP contribution in [0.5, 0.6) is 0 Å². The van der Waals surface area contributed by atoms with E-state index in [0.29, 0.717) is 5.56 Å². The van der Waals surface area contributed by atoms with E-state index in [2.05, 4.69) is 27.8 Å². The average Bonchev–Trinajstić information content (AvgIpc) is 2.23. The van der Waals surface area contributed by atoms with E-state index in [0.717, 1.165) is 4.47 Å². The Hall–Kier alpha value is -1.27. The number of hydrogen-bond donors (Lipinski definition) is 0. The molecule has 0 N–H and O–H groups in total. The zero-order valence-electron chi connectivity index (χ0n) is 10.2. The van der Waals surface area contributed by atoms with Crippen LogP contribution in [0.15, 0.2) is 28.7 Å². The van der Waals surface area contributed by atoms with Gasteiger partial charge in [-0.15, -0.1) is 0 Å². The fourth-order valence-electron chi connectivity index (χ4n) is 1.11. The van der Waals surface area contributed by atoms with E-state index in [4.69, 9.17) is 4.74 Å². The summed E-state index contributed by atoms with van der Waals surface area (Å²) in [6.45, 7) is 6.15. The van der Waals surface area contributed by atoms with Crippen molar-refractivity contribution in [2.45, 2.75) is 20.8 Å². The van der Waals surface area contributed by atoms with Gasteiger partial charge < -0.3 is 4.74 Å². The van der Waals surface area contributed by atoms with Gasteiger partial charge in [-0.2, -0.15) is 0 Å². The topological polar surface area (TPSA) is 26.3 Å². The first-order valence-corrected chi connectivity index (χ1v) is 6.11. The van der Waals surface area contributed by atoms with E-state index >= 15 is 0 Å². The van der Waals surface area contributed by atoms with Crippen LogP contribution in [0.25, 0.3) is 0 Å². The molecule has 0 aliphatic rings. The lowest BCUT2D eigenvalue weighted by Crippen LogP contribution is -2.07. The first kappa shape index (κ1) is 13.8. The van der Waals surface area contributed by atoms with Crippen molar-refractivity contribution in [1.29, 1.82) is 0 Å². The Morgan fingerprint density at radius 3 is 2.59 bits per heavy atom. The summed E-state index contributed by atoms with van der Waals surface area (Å²) in [6.07, 6.45) is 0. The van der Waals surface area contributed by atoms with Crippen molar-refractivity contribution in [1.82, 2.24) is 0 Å². The molecule has 0 aromatic heterocycles. The summed E-state index contributed by atoms with van der Waals surface area (Å²) in [5.74, 6) is 5.48. The molecule has 0 saturated carbocycles. The smallest absolute Gasteiger partial charge is 0.340 e. The molecule has 0 heterocycles. The van der Waals surface area contributed by atoms with Gasteiger partial charge in [0.15, 0.2) is 6.61 Å². The van der Waals surface area contributed by atoms with Gasteiger partial charge in [0.2, 0.25) is 0 Å². The first-order chi connectivity index (χ1) is 7.90. The highest BCUT2D eigenvalue weighted by Crippen LogP contribution is 2.16. The molecule has 1 aromatic carbocycles. The zero-order chi connectivity index (χ0) is 12.9. The second kappa shape index (κ2) is 5.88. The van der Waals surface area contributed by atoms with Crippen molar-refractivity contribution in [3.8, 4) is 11.8 Å². The molecule has 0 aliphatic heterocycles. The third-order valence-corrected chi connectivity index (χ3v) is 2.52. The summed E-state index contributed by atoms with van der Waals surface area (Å²) in [5.41, 5.74) is 0.449. The molecule has 1 rings (SSSR count). The third-order valence-electron chi connectivity index (χ3n) is 1.83. The highest BCUT2D eigenvalue weighted by atomic mass is 79.9. The van der Waals surface area contributed by atoms with E-state index in [1.165, 1.54) is 0 Å². The van der Waals surface area contributed by atoms with Gasteiger partial charge in [0.1, 0.15) is 0 Å². The van der Waals surface area contributed by atoms with Gasteiger partial charge in [-0.1, -0.05) is 24.0 Å². The number of hydrogen-bond acceptors (Lipinski definition) is 2. The minimum absolute atomic E-state index is 0.0697. The fraction of sp³-hybridized carbons (Fsp3) is 0.357. The molecule has 0 fully saturated rings. The van der Waals surface area contributed by atoms with E-state index in [1.807, 2.05) is 26.8 Å². The second-order valence-electron chi connectivity index (χ2n) is 4.61. The Morgan fingerprint density at radius 2 is 2.00 bits per heavy atom. The van der Waals surface area contributed by atoms with Crippen molar-refractivity contribution in [2.75, 3.05) is 6.61 Å². The molecular weight excluding hydrogens is 280 g/mol. The number of halogens is 1. The lowest BCUT2D eigenvalue weighted by Gasteiger charge is -2.07. The van der Waals surface area contributed by atoms with Gasteiger partial charge in [0.05, 0.1) is 5.56 Å². The number of ether oxygens (including phenoxy) is 1. The molecule has 17 heavy (non-hydrogen) atoms. The molecule has 0 unspecified atom stereocenters. The van der Waals surface area contributed by atoms with Crippen LogP contribution in [0.1, 0.15) is 31.1 Å². The van der Waals surface area contributed by atoms with Crippen LogP contribution in [0.3, 0.4) is 0 Å². The maximum Gasteiger partial charge on any atom is 0.340 e. The van der Waals surface area contributed by atoms with Gasteiger partial charge in [0.25, 0.3) is 0 Å². The summed E-state index contributed by atoms with van der Waals surface area (Å²) in [4.78, 5) is 11.7. The quantitative estimate of drug-likeness (QED) is 0.615. The summed E-state index contributed by atoms with van der Waals surface area (Å²) in [7, 11) is 0. The maximum absolute atomic E-state index is 11.7. The van der Waals surface area contributed by atoms with Crippen molar-refractivity contribution >= 4 is 21.9 Å². The van der Waals surface area contributed by atoms with E-state index in [1.54, 1.807) is 18.2 Å². The molecule has 0 atom stereocenters. The SMILES string of the molecule is CC(C)(C)C#CCOC(=O)c1ccccc1Br. The van der Waals surface area contributed by atoms with Gasteiger partial charge >= 0.3 is 5.97 Å². The van der Waals surface area contributed by atoms with Crippen LogP contribution < -0.4 is 0 Å². The van der Waals surface area contributed by atoms with E-state index < -0.39 is 0 Å². The van der Waals surface area contributed by atoms with Crippen LogP contribution in [-0.4, -0.2) is 12.6 Å². The molecule has 0 radical (unpaired) electrons. The number of carbonyl (C=O) groups is 1. The normalized spacial score (nSPS) is 10.4. The molecule has 2 nitrogen and oxygen atoms in total. The Kier molecular flexibility index (Phi) is 4.77. The lowest BCUT2D eigenvalue weighted by atomic mass is 9.98. The van der Waals surface area contributed by atoms with Crippen molar-refractivity contribution in [2.24, 2.45) is 5.41 Å². The van der Waals surface area contributed by atoms with Crippen molar-refractivity contribution in [3.63, 3.8) is 0 Å². The third kappa shape index (κ3) is 5.06. The average molecular weight is 295 g/mol. The van der Waals surface area contributed by atoms with Crippen LogP contribution in [0.4, 0.5) is 0 Å². The highest BCUT2D eigenvalue weighted by molar-refractivity contribution is 9.10. The molecular formula is C14H15BrO2. The monoisotopic (exact) mass is 294 g/mol. The van der Waals surface area contributed by atoms with Crippen molar-refractivity contribution < 1.29 is 9.53 Å². The molecule has 0 saturated heterocycles. The zero-order valence-corrected chi connectivity index (χ0v) is 11.8. The molecule has 90 valence electrons. The largest absolute Gasteiger partial charge is 0.449 e. The Labute approximate surface area is 110 Å². The van der Waals surface area contributed by atoms with E-state index in [9.17, 15) is 4.79 Å². The minimum Gasteiger partial charge on any atom is -0.449 e. The van der Waals surface area contributed by atoms with Crippen LogP contribution >= 0.6 is 15.9 Å². The molecule has 0 aliphatic carbocycles. The first-order valence-electron chi connectivity index (χ1n) is 5.32. The Bertz CT molecular complexity index is 461. The van der Waals surface area contributed by atoms with Crippen LogP contribution in [0, 0.1) is 17.3 Å². The van der Waals surface area contributed by atoms with Crippen molar-refractivity contribution in [3.05, 3.63) is 34.3 Å². The predicted molar refractivity (Wildman–Crippen MR) is 71.7 cm³/mol. The van der Waals surface area contributed by atoms with Gasteiger partial charge in [0, 0.05) is 9.89 Å². The highest BCUT2D eigenvalue weighted by Gasteiger charge is 2.09. The number of esters is 1. The van der Waals surface area contributed by atoms with Crippen LogP contribution in [0.2, 0.25) is 0 Å². The lowest BCUT2D eigenvalue weighted by molar-refractivity contribution is 0.0555. The number of rotatable bonds is 2. The molecule has 0 spiro atoms. The van der Waals surface area contributed by atoms with Gasteiger partial charge in [-0.3, -0.25) is 0 Å². The number of benzene rings is 1. The van der Waals surface area contributed by atoms with E-state index in [-0.39, 0.29) is 18.0 Å². The molecule has 0 bridgehead atoms. The van der Waals surface area contributed by atoms with Gasteiger partial charge in [-0.05, 0) is 48.8 Å². The summed E-state index contributed by atoms with van der Waals surface area (Å²) in [5, 5.41) is 0. The fourth-order valence-corrected chi connectivity index (χ4v) is 1.55. The minimum atomic E-state index is -0.360. The van der Waals surface area contributed by atoms with Crippen LogP contribution in [-0.2, 0) is 4.74 Å². The predicted octanol–water partition coefficient (Wildman–Crippen LogP) is 3.66. The van der Waals surface area contributed by atoms with Gasteiger partial charge in [-0.25, -0.2) is 4.79 Å². The Balaban J connectivity index is 2.57. The molecule has 3 heteroatoms. The molecule has 1 aromatic rings. The summed E-state index contributed by atoms with van der Waals surface area (Å²) < 4.78 is 5.79. The summed E-state index contributed by atoms with van der Waals surface area (Å²) in [6, 6.07) is 7.16. The Morgan fingerprint density at radius 1 is 1.35 bits per heavy atom. The number of carbonyl (C=O) groups excluding carboxylic acids is 1.